The van der Waals surface area contributed by atoms with Crippen molar-refractivity contribution in [3.05, 3.63) is 29.3 Å². The molecule has 1 atom stereocenters. The Labute approximate surface area is 141 Å². The molecule has 1 unspecified atom stereocenters. The number of aliphatic imine (C=N–C) groups is 1. The lowest BCUT2D eigenvalue weighted by molar-refractivity contribution is 0.181. The largest absolute Gasteiger partial charge is 0.370 e. The number of guanidine groups is 1. The van der Waals surface area contributed by atoms with Crippen LogP contribution in [0.25, 0.3) is 0 Å². The highest BCUT2D eigenvalue weighted by Gasteiger charge is 2.15. The molecule has 1 aromatic rings. The van der Waals surface area contributed by atoms with Crippen LogP contribution in [0.4, 0.5) is 5.69 Å². The molecule has 1 aliphatic heterocycles. The first kappa shape index (κ1) is 17.8. The Morgan fingerprint density at radius 2 is 2.00 bits per heavy atom. The maximum atomic E-state index is 5.98. The summed E-state index contributed by atoms with van der Waals surface area (Å²) in [5.41, 5.74) is 9.46. The highest BCUT2D eigenvalue weighted by Crippen LogP contribution is 2.16. The van der Waals surface area contributed by atoms with Crippen molar-refractivity contribution in [3.8, 4) is 0 Å². The van der Waals surface area contributed by atoms with Crippen LogP contribution in [-0.2, 0) is 0 Å². The molecule has 0 saturated carbocycles. The fraction of sp³-hybridized carbons (Fsp3) is 0.632. The number of unbranched alkanes of at least 4 members (excludes halogenated alkanes) is 1. The molecule has 1 heterocycles. The van der Waals surface area contributed by atoms with Gasteiger partial charge in [-0.05, 0) is 81.8 Å². The Hall–Kier alpha value is -1.55. The van der Waals surface area contributed by atoms with Gasteiger partial charge in [0.1, 0.15) is 0 Å². The molecule has 3 N–H and O–H groups in total. The summed E-state index contributed by atoms with van der Waals surface area (Å²) in [5, 5.41) is 3.19. The molecule has 0 spiro atoms. The van der Waals surface area contributed by atoms with Crippen molar-refractivity contribution in [2.45, 2.75) is 46.5 Å². The number of aryl methyl sites for hydroxylation is 2. The summed E-state index contributed by atoms with van der Waals surface area (Å²) in [5.74, 6) is 1.38. The van der Waals surface area contributed by atoms with Crippen LogP contribution >= 0.6 is 0 Å². The van der Waals surface area contributed by atoms with Crippen molar-refractivity contribution >= 4 is 11.6 Å². The van der Waals surface area contributed by atoms with Gasteiger partial charge in [0, 0.05) is 18.8 Å². The van der Waals surface area contributed by atoms with E-state index >= 15 is 0 Å². The standard InChI is InChI=1S/C19H32N4/c1-15-7-6-10-23(14-15)9-5-4-8-21-19(20)22-18-12-16(2)11-17(3)13-18/h11-13,15H,4-10,14H2,1-3H3,(H3,20,21,22). The van der Waals surface area contributed by atoms with E-state index in [-0.39, 0.29) is 0 Å². The number of piperidine rings is 1. The van der Waals surface area contributed by atoms with Crippen LogP contribution in [0.1, 0.15) is 43.7 Å². The van der Waals surface area contributed by atoms with Gasteiger partial charge in [0.15, 0.2) is 5.96 Å². The van der Waals surface area contributed by atoms with E-state index in [1.165, 1.54) is 50.0 Å². The number of anilines is 1. The Kier molecular flexibility index (Phi) is 6.90. The van der Waals surface area contributed by atoms with Crippen LogP contribution in [0, 0.1) is 19.8 Å². The molecular weight excluding hydrogens is 284 g/mol. The van der Waals surface area contributed by atoms with Crippen LogP contribution in [0.2, 0.25) is 0 Å². The predicted molar refractivity (Wildman–Crippen MR) is 100 cm³/mol. The van der Waals surface area contributed by atoms with Crippen molar-refractivity contribution in [2.24, 2.45) is 16.6 Å². The highest BCUT2D eigenvalue weighted by atomic mass is 15.1. The number of nitrogens with zero attached hydrogens (tertiary/aromatic N) is 2. The number of hydrogen-bond donors (Lipinski definition) is 2. The molecule has 2 rings (SSSR count). The first-order valence-corrected chi connectivity index (χ1v) is 8.90. The van der Waals surface area contributed by atoms with Crippen LogP contribution in [-0.4, -0.2) is 37.0 Å². The third kappa shape index (κ3) is 6.61. The first-order chi connectivity index (χ1) is 11.0. The molecule has 23 heavy (non-hydrogen) atoms. The maximum absolute atomic E-state index is 5.98. The second-order valence-corrected chi connectivity index (χ2v) is 7.02. The van der Waals surface area contributed by atoms with Crippen molar-refractivity contribution < 1.29 is 0 Å². The minimum atomic E-state index is 0.515. The molecule has 1 aliphatic rings. The van der Waals surface area contributed by atoms with Crippen LogP contribution < -0.4 is 11.1 Å². The average Bonchev–Trinajstić information content (AvgIpc) is 2.45. The van der Waals surface area contributed by atoms with Gasteiger partial charge in [-0.2, -0.15) is 0 Å². The van der Waals surface area contributed by atoms with E-state index in [9.17, 15) is 0 Å². The lowest BCUT2D eigenvalue weighted by atomic mass is 10.0. The fourth-order valence-corrected chi connectivity index (χ4v) is 3.37. The zero-order valence-electron chi connectivity index (χ0n) is 14.9. The minimum absolute atomic E-state index is 0.515. The minimum Gasteiger partial charge on any atom is -0.370 e. The van der Waals surface area contributed by atoms with E-state index in [1.54, 1.807) is 0 Å². The third-order valence-corrected chi connectivity index (χ3v) is 4.40. The van der Waals surface area contributed by atoms with Gasteiger partial charge in [0.25, 0.3) is 0 Å². The number of hydrogen-bond acceptors (Lipinski definition) is 2. The lowest BCUT2D eigenvalue weighted by Gasteiger charge is -2.30. The number of nitrogens with two attached hydrogens (primary N) is 1. The molecule has 128 valence electrons. The van der Waals surface area contributed by atoms with Crippen molar-refractivity contribution in [1.82, 2.24) is 4.90 Å². The quantitative estimate of drug-likeness (QED) is 0.479. The summed E-state index contributed by atoms with van der Waals surface area (Å²) in [4.78, 5) is 7.03. The number of rotatable bonds is 6. The summed E-state index contributed by atoms with van der Waals surface area (Å²) in [7, 11) is 0. The van der Waals surface area contributed by atoms with Gasteiger partial charge in [-0.15, -0.1) is 0 Å². The molecule has 1 saturated heterocycles. The van der Waals surface area contributed by atoms with Gasteiger partial charge >= 0.3 is 0 Å². The van der Waals surface area contributed by atoms with Gasteiger partial charge in [0.05, 0.1) is 0 Å². The molecule has 4 heteroatoms. The summed E-state index contributed by atoms with van der Waals surface area (Å²) in [6.45, 7) is 11.1. The van der Waals surface area contributed by atoms with E-state index in [1.807, 2.05) is 0 Å². The summed E-state index contributed by atoms with van der Waals surface area (Å²) >= 11 is 0. The second-order valence-electron chi connectivity index (χ2n) is 7.02. The van der Waals surface area contributed by atoms with Crippen molar-refractivity contribution in [2.75, 3.05) is 31.5 Å². The van der Waals surface area contributed by atoms with E-state index in [4.69, 9.17) is 5.73 Å². The summed E-state index contributed by atoms with van der Waals surface area (Å²) in [6.07, 6.45) is 5.04. The molecule has 0 amide bonds. The van der Waals surface area contributed by atoms with Crippen LogP contribution in [0.5, 0.6) is 0 Å². The SMILES string of the molecule is Cc1cc(C)cc(NC(N)=NCCCCN2CCCC(C)C2)c1. The zero-order chi connectivity index (χ0) is 16.7. The maximum Gasteiger partial charge on any atom is 0.193 e. The molecule has 0 radical (unpaired) electrons. The van der Waals surface area contributed by atoms with Gasteiger partial charge in [0.2, 0.25) is 0 Å². The van der Waals surface area contributed by atoms with Crippen molar-refractivity contribution in [3.63, 3.8) is 0 Å². The zero-order valence-corrected chi connectivity index (χ0v) is 14.9. The Morgan fingerprint density at radius 3 is 2.70 bits per heavy atom. The number of likely N-dealkylation sites (tertiary alicyclic amines) is 1. The van der Waals surface area contributed by atoms with Gasteiger partial charge in [-0.1, -0.05) is 13.0 Å². The molecule has 1 aromatic carbocycles. The van der Waals surface area contributed by atoms with Crippen LogP contribution in [0.15, 0.2) is 23.2 Å². The predicted octanol–water partition coefficient (Wildman–Crippen LogP) is 3.54. The lowest BCUT2D eigenvalue weighted by Crippen LogP contribution is -2.35. The van der Waals surface area contributed by atoms with E-state index in [2.05, 4.69) is 54.2 Å². The Balaban J connectivity index is 1.66. The molecule has 0 aromatic heterocycles. The molecule has 0 aliphatic carbocycles. The number of nitrogens with one attached hydrogen (secondary N) is 1. The second kappa shape index (κ2) is 8.92. The Morgan fingerprint density at radius 1 is 1.26 bits per heavy atom. The highest BCUT2D eigenvalue weighted by molar-refractivity contribution is 5.92. The number of benzene rings is 1. The van der Waals surface area contributed by atoms with Crippen LogP contribution in [0.3, 0.4) is 0 Å². The van der Waals surface area contributed by atoms with E-state index in [0.29, 0.717) is 5.96 Å². The topological polar surface area (TPSA) is 53.6 Å². The third-order valence-electron chi connectivity index (χ3n) is 4.40. The van der Waals surface area contributed by atoms with E-state index < -0.39 is 0 Å². The monoisotopic (exact) mass is 316 g/mol. The molecule has 0 bridgehead atoms. The molecule has 1 fully saturated rings. The average molecular weight is 316 g/mol. The van der Waals surface area contributed by atoms with Crippen molar-refractivity contribution in [1.29, 1.82) is 0 Å². The van der Waals surface area contributed by atoms with Gasteiger partial charge in [-0.25, -0.2) is 0 Å². The first-order valence-electron chi connectivity index (χ1n) is 8.90. The molecular formula is C19H32N4. The van der Waals surface area contributed by atoms with Gasteiger partial charge < -0.3 is 16.0 Å². The molecule has 4 nitrogen and oxygen atoms in total. The normalized spacial score (nSPS) is 19.8. The van der Waals surface area contributed by atoms with Gasteiger partial charge in [-0.3, -0.25) is 4.99 Å². The van der Waals surface area contributed by atoms with E-state index in [0.717, 1.165) is 24.6 Å². The fourth-order valence-electron chi connectivity index (χ4n) is 3.37. The summed E-state index contributed by atoms with van der Waals surface area (Å²) < 4.78 is 0. The Bertz CT molecular complexity index is 504. The smallest absolute Gasteiger partial charge is 0.193 e. The summed E-state index contributed by atoms with van der Waals surface area (Å²) in [6, 6.07) is 6.33.